The van der Waals surface area contributed by atoms with Gasteiger partial charge in [0.05, 0.1) is 5.41 Å². The number of para-hydroxylation sites is 1. The molecule has 0 saturated carbocycles. The maximum atomic E-state index is 13.3. The summed E-state index contributed by atoms with van der Waals surface area (Å²) in [6.45, 7) is 4.51. The SMILES string of the molecule is C[C@@H]1NC(=O)C2(CCCCOCCCNC1=O)CCN(C(=O)COc1ccccc1)CC2. The van der Waals surface area contributed by atoms with E-state index in [1.165, 1.54) is 0 Å². The number of carbonyl (C=O) groups is 3. The van der Waals surface area contributed by atoms with Gasteiger partial charge in [0.1, 0.15) is 11.8 Å². The molecule has 8 nitrogen and oxygen atoms in total. The van der Waals surface area contributed by atoms with E-state index < -0.39 is 11.5 Å². The van der Waals surface area contributed by atoms with Gasteiger partial charge in [0.25, 0.3) is 5.91 Å². The fraction of sp³-hybridized carbons (Fsp3) is 0.625. The molecule has 176 valence electrons. The molecule has 32 heavy (non-hydrogen) atoms. The summed E-state index contributed by atoms with van der Waals surface area (Å²) in [5.41, 5.74) is -0.574. The largest absolute Gasteiger partial charge is 0.484 e. The Kier molecular flexibility index (Phi) is 8.90. The van der Waals surface area contributed by atoms with Crippen molar-refractivity contribution in [2.45, 2.75) is 51.5 Å². The Balaban J connectivity index is 1.59. The van der Waals surface area contributed by atoms with Crippen molar-refractivity contribution in [2.75, 3.05) is 39.5 Å². The normalized spacial score (nSPS) is 23.0. The maximum Gasteiger partial charge on any atom is 0.260 e. The number of piperidine rings is 1. The predicted molar refractivity (Wildman–Crippen MR) is 120 cm³/mol. The van der Waals surface area contributed by atoms with Crippen LogP contribution in [0.2, 0.25) is 0 Å². The first kappa shape index (κ1) is 24.0. The Bertz CT molecular complexity index is 762. The molecular weight excluding hydrogens is 410 g/mol. The van der Waals surface area contributed by atoms with Crippen molar-refractivity contribution < 1.29 is 23.9 Å². The van der Waals surface area contributed by atoms with Crippen molar-refractivity contribution >= 4 is 17.7 Å². The molecule has 2 heterocycles. The van der Waals surface area contributed by atoms with E-state index in [0.717, 1.165) is 25.7 Å². The van der Waals surface area contributed by atoms with Crippen LogP contribution in [0.1, 0.15) is 45.4 Å². The van der Waals surface area contributed by atoms with Crippen LogP contribution in [0.15, 0.2) is 30.3 Å². The summed E-state index contributed by atoms with van der Waals surface area (Å²) in [7, 11) is 0. The summed E-state index contributed by atoms with van der Waals surface area (Å²) in [6, 6.07) is 8.66. The average Bonchev–Trinajstić information content (AvgIpc) is 2.81. The van der Waals surface area contributed by atoms with Gasteiger partial charge < -0.3 is 25.0 Å². The second kappa shape index (κ2) is 11.9. The molecule has 1 aromatic rings. The summed E-state index contributed by atoms with van der Waals surface area (Å²) in [6.07, 6.45) is 4.40. The van der Waals surface area contributed by atoms with Crippen molar-refractivity contribution in [3.63, 3.8) is 0 Å². The highest BCUT2D eigenvalue weighted by Crippen LogP contribution is 2.37. The number of nitrogens with zero attached hydrogens (tertiary/aromatic N) is 1. The lowest BCUT2D eigenvalue weighted by molar-refractivity contribution is -0.143. The molecule has 1 aromatic carbocycles. The fourth-order valence-electron chi connectivity index (χ4n) is 4.25. The van der Waals surface area contributed by atoms with Crippen LogP contribution in [0.3, 0.4) is 0 Å². The number of amides is 3. The molecule has 0 bridgehead atoms. The molecule has 2 N–H and O–H groups in total. The van der Waals surface area contributed by atoms with Crippen LogP contribution in [-0.4, -0.2) is 68.1 Å². The molecule has 2 saturated heterocycles. The van der Waals surface area contributed by atoms with E-state index in [2.05, 4.69) is 10.6 Å². The standard InChI is InChI=1S/C24H35N3O5/c1-19-22(29)25-13-7-17-31-16-6-5-10-24(23(30)26-19)11-14-27(15-12-24)21(28)18-32-20-8-3-2-4-9-20/h2-4,8-9,19H,5-7,10-18H2,1H3,(H,25,29)(H,26,30)/t19-/m0/s1. The van der Waals surface area contributed by atoms with Gasteiger partial charge in [0.2, 0.25) is 11.8 Å². The van der Waals surface area contributed by atoms with Crippen LogP contribution in [0.5, 0.6) is 5.75 Å². The highest BCUT2D eigenvalue weighted by Gasteiger charge is 2.42. The predicted octanol–water partition coefficient (Wildman–Crippen LogP) is 1.89. The highest BCUT2D eigenvalue weighted by molar-refractivity contribution is 5.90. The van der Waals surface area contributed by atoms with Crippen LogP contribution < -0.4 is 15.4 Å². The van der Waals surface area contributed by atoms with Gasteiger partial charge in [0.15, 0.2) is 6.61 Å². The van der Waals surface area contributed by atoms with Crippen molar-refractivity contribution in [1.82, 2.24) is 15.5 Å². The van der Waals surface area contributed by atoms with E-state index in [1.807, 2.05) is 30.3 Å². The Morgan fingerprint density at radius 2 is 1.81 bits per heavy atom. The molecule has 0 unspecified atom stereocenters. The second-order valence-corrected chi connectivity index (χ2v) is 8.67. The quantitative estimate of drug-likeness (QED) is 0.741. The smallest absolute Gasteiger partial charge is 0.260 e. The highest BCUT2D eigenvalue weighted by atomic mass is 16.5. The first-order chi connectivity index (χ1) is 15.5. The number of benzene rings is 1. The summed E-state index contributed by atoms with van der Waals surface area (Å²) in [5, 5.41) is 5.77. The molecule has 0 aliphatic carbocycles. The average molecular weight is 446 g/mol. The minimum absolute atomic E-state index is 0.0161. The minimum atomic E-state index is -0.595. The Morgan fingerprint density at radius 3 is 2.56 bits per heavy atom. The molecule has 2 aliphatic heterocycles. The number of carbonyl (C=O) groups excluding carboxylic acids is 3. The topological polar surface area (TPSA) is 97.0 Å². The second-order valence-electron chi connectivity index (χ2n) is 8.67. The molecule has 1 atom stereocenters. The lowest BCUT2D eigenvalue weighted by Gasteiger charge is -2.41. The van der Waals surface area contributed by atoms with E-state index in [1.54, 1.807) is 11.8 Å². The lowest BCUT2D eigenvalue weighted by Crippen LogP contribution is -2.54. The first-order valence-corrected chi connectivity index (χ1v) is 11.6. The number of ether oxygens (including phenoxy) is 2. The van der Waals surface area contributed by atoms with Crippen molar-refractivity contribution in [3.05, 3.63) is 30.3 Å². The van der Waals surface area contributed by atoms with Crippen LogP contribution in [-0.2, 0) is 19.1 Å². The summed E-state index contributed by atoms with van der Waals surface area (Å²) < 4.78 is 11.2. The van der Waals surface area contributed by atoms with E-state index in [-0.39, 0.29) is 24.3 Å². The molecular formula is C24H35N3O5. The van der Waals surface area contributed by atoms with Gasteiger partial charge in [0, 0.05) is 32.8 Å². The Morgan fingerprint density at radius 1 is 1.09 bits per heavy atom. The fourth-order valence-corrected chi connectivity index (χ4v) is 4.25. The Hall–Kier alpha value is -2.61. The van der Waals surface area contributed by atoms with Gasteiger partial charge in [-0.05, 0) is 51.2 Å². The molecule has 2 fully saturated rings. The van der Waals surface area contributed by atoms with E-state index in [9.17, 15) is 14.4 Å². The van der Waals surface area contributed by atoms with Crippen molar-refractivity contribution in [2.24, 2.45) is 5.41 Å². The number of likely N-dealkylation sites (tertiary alicyclic amines) is 1. The van der Waals surface area contributed by atoms with Gasteiger partial charge in [-0.25, -0.2) is 0 Å². The molecule has 3 amide bonds. The summed E-state index contributed by atoms with van der Waals surface area (Å²) in [5.74, 6) is 0.308. The molecule has 3 rings (SSSR count). The molecule has 0 radical (unpaired) electrons. The number of rotatable bonds is 3. The minimum Gasteiger partial charge on any atom is -0.484 e. The zero-order valence-electron chi connectivity index (χ0n) is 18.9. The van der Waals surface area contributed by atoms with Gasteiger partial charge in [-0.2, -0.15) is 0 Å². The number of hydrogen-bond donors (Lipinski definition) is 2. The number of hydrogen-bond acceptors (Lipinski definition) is 5. The zero-order valence-corrected chi connectivity index (χ0v) is 18.9. The van der Waals surface area contributed by atoms with Crippen molar-refractivity contribution in [1.29, 1.82) is 0 Å². The van der Waals surface area contributed by atoms with E-state index >= 15 is 0 Å². The third-order valence-corrected chi connectivity index (χ3v) is 6.36. The monoisotopic (exact) mass is 445 g/mol. The summed E-state index contributed by atoms with van der Waals surface area (Å²) >= 11 is 0. The first-order valence-electron chi connectivity index (χ1n) is 11.6. The van der Waals surface area contributed by atoms with Gasteiger partial charge in [-0.3, -0.25) is 14.4 Å². The number of nitrogens with one attached hydrogen (secondary N) is 2. The van der Waals surface area contributed by atoms with Gasteiger partial charge in [-0.15, -0.1) is 0 Å². The van der Waals surface area contributed by atoms with Crippen LogP contribution in [0.4, 0.5) is 0 Å². The molecule has 2 aliphatic rings. The van der Waals surface area contributed by atoms with Crippen LogP contribution in [0, 0.1) is 5.41 Å². The molecule has 0 aromatic heterocycles. The zero-order chi connectivity index (χ0) is 22.8. The van der Waals surface area contributed by atoms with E-state index in [0.29, 0.717) is 51.4 Å². The third-order valence-electron chi connectivity index (χ3n) is 6.36. The van der Waals surface area contributed by atoms with Crippen LogP contribution in [0.25, 0.3) is 0 Å². The van der Waals surface area contributed by atoms with Gasteiger partial charge >= 0.3 is 0 Å². The summed E-state index contributed by atoms with van der Waals surface area (Å²) in [4.78, 5) is 39.9. The third kappa shape index (κ3) is 6.69. The van der Waals surface area contributed by atoms with Crippen LogP contribution >= 0.6 is 0 Å². The molecule has 8 heteroatoms. The lowest BCUT2D eigenvalue weighted by atomic mass is 9.73. The van der Waals surface area contributed by atoms with Gasteiger partial charge in [-0.1, -0.05) is 24.6 Å². The maximum absolute atomic E-state index is 13.3. The molecule has 1 spiro atoms. The van der Waals surface area contributed by atoms with E-state index in [4.69, 9.17) is 9.47 Å². The Labute approximate surface area is 190 Å². The van der Waals surface area contributed by atoms with Crippen molar-refractivity contribution in [3.8, 4) is 5.75 Å².